The van der Waals surface area contributed by atoms with Crippen molar-refractivity contribution in [3.05, 3.63) is 24.3 Å². The molecule has 5 heteroatoms. The molecular weight excluding hydrogens is 242 g/mol. The summed E-state index contributed by atoms with van der Waals surface area (Å²) in [5.74, 6) is 0.577. The lowest BCUT2D eigenvalue weighted by molar-refractivity contribution is -0.115. The van der Waals surface area contributed by atoms with Gasteiger partial charge in [-0.15, -0.1) is 0 Å². The number of anilines is 1. The Hall–Kier alpha value is -1.62. The first-order valence-electron chi connectivity index (χ1n) is 6.19. The highest BCUT2D eigenvalue weighted by Gasteiger charge is 2.15. The maximum Gasteiger partial charge on any atom is 0.226 e. The summed E-state index contributed by atoms with van der Waals surface area (Å²) in [6.45, 7) is 6.80. The van der Waals surface area contributed by atoms with Crippen LogP contribution in [0.5, 0.6) is 0 Å². The summed E-state index contributed by atoms with van der Waals surface area (Å²) in [5.41, 5.74) is 1.82. The van der Waals surface area contributed by atoms with Gasteiger partial charge in [-0.05, 0) is 18.2 Å². The number of imidazole rings is 1. The summed E-state index contributed by atoms with van der Waals surface area (Å²) >= 11 is 0. The first-order chi connectivity index (χ1) is 8.44. The minimum Gasteiger partial charge on any atom is -0.324 e. The Morgan fingerprint density at radius 2 is 2.06 bits per heavy atom. The zero-order valence-corrected chi connectivity index (χ0v) is 12.1. The standard InChI is InChI=1S/C13H19N3OSi/c1-18(2,3)9-8-12(17)16-13-14-10-6-4-5-7-11(10)15-13/h4-7H,8-9H2,1-3H3,(H2,14,15,16,17). The van der Waals surface area contributed by atoms with E-state index in [1.165, 1.54) is 0 Å². The fraction of sp³-hybridized carbons (Fsp3) is 0.385. The van der Waals surface area contributed by atoms with Gasteiger partial charge in [-0.2, -0.15) is 0 Å². The van der Waals surface area contributed by atoms with Crippen LogP contribution < -0.4 is 5.32 Å². The number of aromatic nitrogens is 2. The Kier molecular flexibility index (Phi) is 3.52. The number of amides is 1. The molecule has 0 saturated heterocycles. The van der Waals surface area contributed by atoms with Gasteiger partial charge in [0.2, 0.25) is 11.9 Å². The Bertz CT molecular complexity index is 524. The zero-order valence-electron chi connectivity index (χ0n) is 11.1. The number of carbonyl (C=O) groups excluding carboxylic acids is 1. The van der Waals surface area contributed by atoms with Gasteiger partial charge in [0.15, 0.2) is 0 Å². The predicted octanol–water partition coefficient (Wildman–Crippen LogP) is 3.23. The van der Waals surface area contributed by atoms with E-state index < -0.39 is 8.07 Å². The van der Waals surface area contributed by atoms with Gasteiger partial charge in [-0.1, -0.05) is 31.8 Å². The van der Waals surface area contributed by atoms with Crippen molar-refractivity contribution < 1.29 is 4.79 Å². The number of hydrogen-bond donors (Lipinski definition) is 2. The Labute approximate surface area is 108 Å². The average molecular weight is 261 g/mol. The molecule has 0 fully saturated rings. The van der Waals surface area contributed by atoms with E-state index in [9.17, 15) is 4.79 Å². The van der Waals surface area contributed by atoms with Crippen molar-refractivity contribution in [2.75, 3.05) is 5.32 Å². The highest BCUT2D eigenvalue weighted by atomic mass is 28.3. The molecule has 1 aromatic carbocycles. The van der Waals surface area contributed by atoms with Gasteiger partial charge < -0.3 is 4.98 Å². The van der Waals surface area contributed by atoms with Gasteiger partial charge >= 0.3 is 0 Å². The number of H-pyrrole nitrogens is 1. The van der Waals surface area contributed by atoms with E-state index >= 15 is 0 Å². The molecule has 18 heavy (non-hydrogen) atoms. The largest absolute Gasteiger partial charge is 0.324 e. The highest BCUT2D eigenvalue weighted by Crippen LogP contribution is 2.15. The van der Waals surface area contributed by atoms with Crippen LogP contribution in [0.25, 0.3) is 11.0 Å². The van der Waals surface area contributed by atoms with Crippen LogP contribution in [0.15, 0.2) is 24.3 Å². The van der Waals surface area contributed by atoms with Crippen LogP contribution in [0.3, 0.4) is 0 Å². The van der Waals surface area contributed by atoms with Crippen molar-refractivity contribution >= 4 is 31.0 Å². The summed E-state index contributed by atoms with van der Waals surface area (Å²) in [5, 5.41) is 2.82. The normalized spacial score (nSPS) is 11.7. The number of hydrogen-bond acceptors (Lipinski definition) is 2. The van der Waals surface area contributed by atoms with E-state index in [1.54, 1.807) is 0 Å². The lowest BCUT2D eigenvalue weighted by atomic mass is 10.3. The average Bonchev–Trinajstić information content (AvgIpc) is 2.67. The number of benzene rings is 1. The molecule has 0 aliphatic heterocycles. The van der Waals surface area contributed by atoms with Crippen molar-refractivity contribution in [3.63, 3.8) is 0 Å². The molecule has 1 aromatic heterocycles. The van der Waals surface area contributed by atoms with Crippen LogP contribution >= 0.6 is 0 Å². The molecule has 0 atom stereocenters. The quantitative estimate of drug-likeness (QED) is 0.830. The van der Waals surface area contributed by atoms with Crippen LogP contribution in [0.4, 0.5) is 5.95 Å². The van der Waals surface area contributed by atoms with Crippen LogP contribution in [0.2, 0.25) is 25.7 Å². The first-order valence-corrected chi connectivity index (χ1v) is 9.89. The number of nitrogens with zero attached hydrogens (tertiary/aromatic N) is 1. The lowest BCUT2D eigenvalue weighted by Crippen LogP contribution is -2.23. The monoisotopic (exact) mass is 261 g/mol. The number of aromatic amines is 1. The maximum atomic E-state index is 11.8. The molecular formula is C13H19N3OSi. The molecule has 0 bridgehead atoms. The Morgan fingerprint density at radius 3 is 2.72 bits per heavy atom. The SMILES string of the molecule is C[Si](C)(C)CCC(=O)Nc1nc2ccccc2[nH]1. The predicted molar refractivity (Wildman–Crippen MR) is 77.5 cm³/mol. The summed E-state index contributed by atoms with van der Waals surface area (Å²) < 4.78 is 0. The van der Waals surface area contributed by atoms with Crippen molar-refractivity contribution in [2.45, 2.75) is 32.1 Å². The molecule has 0 radical (unpaired) electrons. The van der Waals surface area contributed by atoms with Crippen molar-refractivity contribution in [1.29, 1.82) is 0 Å². The third kappa shape index (κ3) is 3.43. The van der Waals surface area contributed by atoms with Crippen molar-refractivity contribution in [3.8, 4) is 0 Å². The Balaban J connectivity index is 1.99. The molecule has 2 rings (SSSR count). The minimum atomic E-state index is -1.16. The molecule has 0 aliphatic rings. The molecule has 2 N–H and O–H groups in total. The lowest BCUT2D eigenvalue weighted by Gasteiger charge is -2.14. The van der Waals surface area contributed by atoms with Gasteiger partial charge in [0.25, 0.3) is 0 Å². The van der Waals surface area contributed by atoms with Crippen LogP contribution in [-0.2, 0) is 4.79 Å². The molecule has 0 unspecified atom stereocenters. The minimum absolute atomic E-state index is 0.0384. The third-order valence-corrected chi connectivity index (χ3v) is 4.50. The second-order valence-corrected chi connectivity index (χ2v) is 11.3. The van der Waals surface area contributed by atoms with Gasteiger partial charge in [0.1, 0.15) is 0 Å². The van der Waals surface area contributed by atoms with E-state index in [-0.39, 0.29) is 5.91 Å². The van der Waals surface area contributed by atoms with Gasteiger partial charge in [0.05, 0.1) is 11.0 Å². The molecule has 1 heterocycles. The fourth-order valence-electron chi connectivity index (χ4n) is 1.70. The van der Waals surface area contributed by atoms with E-state index in [1.807, 2.05) is 24.3 Å². The number of rotatable bonds is 4. The number of nitrogens with one attached hydrogen (secondary N) is 2. The topological polar surface area (TPSA) is 57.8 Å². The number of para-hydroxylation sites is 2. The van der Waals surface area contributed by atoms with Crippen LogP contribution in [0, 0.1) is 0 Å². The summed E-state index contributed by atoms with van der Waals surface area (Å²) in [7, 11) is -1.16. The summed E-state index contributed by atoms with van der Waals surface area (Å²) in [6.07, 6.45) is 0.576. The molecule has 1 amide bonds. The Morgan fingerprint density at radius 1 is 1.33 bits per heavy atom. The van der Waals surface area contributed by atoms with E-state index in [0.717, 1.165) is 17.1 Å². The van der Waals surface area contributed by atoms with Crippen LogP contribution in [-0.4, -0.2) is 23.9 Å². The van der Waals surface area contributed by atoms with Gasteiger partial charge in [-0.3, -0.25) is 10.1 Å². The van der Waals surface area contributed by atoms with Crippen molar-refractivity contribution in [1.82, 2.24) is 9.97 Å². The zero-order chi connectivity index (χ0) is 13.2. The number of carbonyl (C=O) groups is 1. The first kappa shape index (κ1) is 12.8. The summed E-state index contributed by atoms with van der Waals surface area (Å²) in [6, 6.07) is 8.74. The van der Waals surface area contributed by atoms with Gasteiger partial charge in [-0.25, -0.2) is 4.98 Å². The summed E-state index contributed by atoms with van der Waals surface area (Å²) in [4.78, 5) is 19.2. The second-order valence-electron chi connectivity index (χ2n) is 5.71. The molecule has 0 aliphatic carbocycles. The van der Waals surface area contributed by atoms with E-state index in [0.29, 0.717) is 12.4 Å². The molecule has 4 nitrogen and oxygen atoms in total. The highest BCUT2D eigenvalue weighted by molar-refractivity contribution is 6.76. The second kappa shape index (κ2) is 4.94. The van der Waals surface area contributed by atoms with Gasteiger partial charge in [0, 0.05) is 14.5 Å². The van der Waals surface area contributed by atoms with Crippen molar-refractivity contribution in [2.24, 2.45) is 0 Å². The smallest absolute Gasteiger partial charge is 0.226 e. The van der Waals surface area contributed by atoms with Crippen LogP contribution in [0.1, 0.15) is 6.42 Å². The maximum absolute atomic E-state index is 11.8. The van der Waals surface area contributed by atoms with E-state index in [2.05, 4.69) is 34.9 Å². The molecule has 0 spiro atoms. The molecule has 0 saturated carbocycles. The number of fused-ring (bicyclic) bond motifs is 1. The fourth-order valence-corrected chi connectivity index (χ4v) is 2.67. The van der Waals surface area contributed by atoms with E-state index in [4.69, 9.17) is 0 Å². The molecule has 96 valence electrons. The molecule has 2 aromatic rings. The third-order valence-electron chi connectivity index (χ3n) is 2.75.